The molecule has 1 saturated carbocycles. The normalized spacial score (nSPS) is 17.7. The molecule has 0 amide bonds. The van der Waals surface area contributed by atoms with Gasteiger partial charge in [0.15, 0.2) is 0 Å². The number of nitriles is 1. The van der Waals surface area contributed by atoms with Gasteiger partial charge < -0.3 is 10.0 Å². The smallest absolute Gasteiger partial charge is 0.147 e. The number of anilines is 1. The predicted octanol–water partition coefficient (Wildman–Crippen LogP) is 1.79. The lowest BCUT2D eigenvalue weighted by molar-refractivity contribution is 0.283. The third kappa shape index (κ3) is 2.19. The summed E-state index contributed by atoms with van der Waals surface area (Å²) in [5.74, 6) is 0.793. The van der Waals surface area contributed by atoms with Gasteiger partial charge in [-0.05, 0) is 50.2 Å². The summed E-state index contributed by atoms with van der Waals surface area (Å²) in [7, 11) is 0. The summed E-state index contributed by atoms with van der Waals surface area (Å²) in [4.78, 5) is 6.88. The summed E-state index contributed by atoms with van der Waals surface area (Å²) in [5.41, 5.74) is 3.05. The van der Waals surface area contributed by atoms with E-state index in [2.05, 4.69) is 11.0 Å². The number of fused-ring (bicyclic) bond motifs is 1. The third-order valence-electron chi connectivity index (χ3n) is 4.28. The van der Waals surface area contributed by atoms with E-state index < -0.39 is 0 Å². The first kappa shape index (κ1) is 12.4. The van der Waals surface area contributed by atoms with Crippen molar-refractivity contribution >= 4 is 5.82 Å². The van der Waals surface area contributed by atoms with Crippen LogP contribution in [0.15, 0.2) is 6.07 Å². The Balaban J connectivity index is 1.99. The van der Waals surface area contributed by atoms with Crippen LogP contribution in [0.5, 0.6) is 0 Å². The molecule has 0 aliphatic heterocycles. The Morgan fingerprint density at radius 2 is 2.21 bits per heavy atom. The van der Waals surface area contributed by atoms with Crippen molar-refractivity contribution in [2.75, 3.05) is 18.1 Å². The lowest BCUT2D eigenvalue weighted by Gasteiger charge is -2.38. The van der Waals surface area contributed by atoms with Gasteiger partial charge in [-0.15, -0.1) is 0 Å². The molecule has 0 spiro atoms. The summed E-state index contributed by atoms with van der Waals surface area (Å²) in [6, 6.07) is 4.74. The molecule has 2 aliphatic carbocycles. The van der Waals surface area contributed by atoms with E-state index in [9.17, 15) is 10.4 Å². The fraction of sp³-hybridized carbons (Fsp3) is 0.600. The molecule has 1 N–H and O–H groups in total. The average molecular weight is 257 g/mol. The fourth-order valence-electron chi connectivity index (χ4n) is 3.03. The molecule has 100 valence electrons. The summed E-state index contributed by atoms with van der Waals surface area (Å²) >= 11 is 0. The number of rotatable bonds is 4. The van der Waals surface area contributed by atoms with Gasteiger partial charge in [0.1, 0.15) is 11.9 Å². The summed E-state index contributed by atoms with van der Waals surface area (Å²) in [6.45, 7) is 0.686. The van der Waals surface area contributed by atoms with Crippen LogP contribution in [0.25, 0.3) is 0 Å². The Kier molecular flexibility index (Phi) is 3.39. The van der Waals surface area contributed by atoms with Crippen LogP contribution in [0.4, 0.5) is 5.82 Å². The van der Waals surface area contributed by atoms with Crippen LogP contribution in [0.3, 0.4) is 0 Å². The summed E-state index contributed by atoms with van der Waals surface area (Å²) in [6.07, 6.45) is 6.72. The zero-order chi connectivity index (χ0) is 13.2. The predicted molar refractivity (Wildman–Crippen MR) is 73.0 cm³/mol. The Morgan fingerprint density at radius 1 is 1.37 bits per heavy atom. The van der Waals surface area contributed by atoms with E-state index in [0.29, 0.717) is 18.2 Å². The minimum Gasteiger partial charge on any atom is -0.395 e. The van der Waals surface area contributed by atoms with Gasteiger partial charge >= 0.3 is 0 Å². The zero-order valence-corrected chi connectivity index (χ0v) is 11.1. The Morgan fingerprint density at radius 3 is 2.84 bits per heavy atom. The number of hydrogen-bond donors (Lipinski definition) is 1. The SMILES string of the molecule is N#Cc1cc2c(nc1N(CCO)C1CCC1)CCC2. The van der Waals surface area contributed by atoms with Gasteiger partial charge in [-0.3, -0.25) is 0 Å². The van der Waals surface area contributed by atoms with Crippen molar-refractivity contribution in [2.45, 2.75) is 44.6 Å². The summed E-state index contributed by atoms with van der Waals surface area (Å²) < 4.78 is 0. The average Bonchev–Trinajstić information content (AvgIpc) is 2.81. The van der Waals surface area contributed by atoms with Gasteiger partial charge in [-0.25, -0.2) is 4.98 Å². The highest BCUT2D eigenvalue weighted by Crippen LogP contribution is 2.32. The molecule has 1 aromatic rings. The number of aliphatic hydroxyl groups is 1. The van der Waals surface area contributed by atoms with Crippen molar-refractivity contribution in [3.05, 3.63) is 22.9 Å². The Hall–Kier alpha value is -1.60. The van der Waals surface area contributed by atoms with Gasteiger partial charge in [-0.1, -0.05) is 0 Å². The molecule has 0 aromatic carbocycles. The van der Waals surface area contributed by atoms with Gasteiger partial charge in [0.25, 0.3) is 0 Å². The second kappa shape index (κ2) is 5.18. The molecule has 0 radical (unpaired) electrons. The minimum atomic E-state index is 0.111. The largest absolute Gasteiger partial charge is 0.395 e. The van der Waals surface area contributed by atoms with Gasteiger partial charge in [0, 0.05) is 18.3 Å². The highest BCUT2D eigenvalue weighted by molar-refractivity contribution is 5.57. The van der Waals surface area contributed by atoms with E-state index in [1.165, 1.54) is 12.0 Å². The van der Waals surface area contributed by atoms with Crippen molar-refractivity contribution in [1.82, 2.24) is 4.98 Å². The van der Waals surface area contributed by atoms with E-state index in [4.69, 9.17) is 4.98 Å². The molecule has 1 aromatic heterocycles. The lowest BCUT2D eigenvalue weighted by atomic mass is 9.91. The molecule has 1 heterocycles. The monoisotopic (exact) mass is 257 g/mol. The van der Waals surface area contributed by atoms with E-state index in [-0.39, 0.29) is 6.61 Å². The first-order chi connectivity index (χ1) is 9.33. The Labute approximate surface area is 113 Å². The van der Waals surface area contributed by atoms with E-state index in [1.807, 2.05) is 6.07 Å². The maximum absolute atomic E-state index is 9.36. The minimum absolute atomic E-state index is 0.111. The molecular formula is C15H19N3O. The van der Waals surface area contributed by atoms with Crippen LogP contribution in [0.2, 0.25) is 0 Å². The molecule has 0 bridgehead atoms. The van der Waals surface area contributed by atoms with Crippen LogP contribution in [-0.4, -0.2) is 29.3 Å². The van der Waals surface area contributed by atoms with Crippen LogP contribution in [0.1, 0.15) is 42.5 Å². The van der Waals surface area contributed by atoms with Crippen LogP contribution < -0.4 is 4.90 Å². The molecule has 4 nitrogen and oxygen atoms in total. The summed E-state index contributed by atoms with van der Waals surface area (Å²) in [5, 5.41) is 18.6. The van der Waals surface area contributed by atoms with Crippen LogP contribution in [-0.2, 0) is 12.8 Å². The van der Waals surface area contributed by atoms with Gasteiger partial charge in [0.2, 0.25) is 0 Å². The third-order valence-corrected chi connectivity index (χ3v) is 4.28. The van der Waals surface area contributed by atoms with Crippen molar-refractivity contribution < 1.29 is 5.11 Å². The molecule has 19 heavy (non-hydrogen) atoms. The molecule has 0 atom stereocenters. The van der Waals surface area contributed by atoms with E-state index in [1.54, 1.807) is 0 Å². The van der Waals surface area contributed by atoms with Crippen LogP contribution in [0, 0.1) is 11.3 Å². The van der Waals surface area contributed by atoms with Crippen molar-refractivity contribution in [1.29, 1.82) is 5.26 Å². The van der Waals surface area contributed by atoms with Gasteiger partial charge in [-0.2, -0.15) is 5.26 Å². The first-order valence-electron chi connectivity index (χ1n) is 7.14. The number of aromatic nitrogens is 1. The zero-order valence-electron chi connectivity index (χ0n) is 11.1. The Bertz CT molecular complexity index is 517. The first-order valence-corrected chi connectivity index (χ1v) is 7.14. The van der Waals surface area contributed by atoms with Crippen molar-refractivity contribution in [3.8, 4) is 6.07 Å². The highest BCUT2D eigenvalue weighted by Gasteiger charge is 2.28. The second-order valence-corrected chi connectivity index (χ2v) is 5.43. The molecule has 0 saturated heterocycles. The van der Waals surface area contributed by atoms with Crippen molar-refractivity contribution in [2.24, 2.45) is 0 Å². The molecular weight excluding hydrogens is 238 g/mol. The maximum Gasteiger partial charge on any atom is 0.147 e. The highest BCUT2D eigenvalue weighted by atomic mass is 16.3. The number of aliphatic hydroxyl groups excluding tert-OH is 1. The quantitative estimate of drug-likeness (QED) is 0.893. The second-order valence-electron chi connectivity index (χ2n) is 5.43. The number of nitrogens with zero attached hydrogens (tertiary/aromatic N) is 3. The topological polar surface area (TPSA) is 60.2 Å². The number of pyridine rings is 1. The standard InChI is InChI=1S/C15H19N3O/c16-10-12-9-11-3-1-6-14(11)17-15(12)18(7-8-19)13-4-2-5-13/h9,13,19H,1-8H2. The number of hydrogen-bond acceptors (Lipinski definition) is 4. The van der Waals surface area contributed by atoms with Crippen molar-refractivity contribution in [3.63, 3.8) is 0 Å². The molecule has 0 unspecified atom stereocenters. The molecule has 2 aliphatic rings. The number of aryl methyl sites for hydroxylation is 2. The van der Waals surface area contributed by atoms with E-state index in [0.717, 1.165) is 43.6 Å². The molecule has 1 fully saturated rings. The maximum atomic E-state index is 9.36. The lowest BCUT2D eigenvalue weighted by Crippen LogP contribution is -2.43. The fourth-order valence-corrected chi connectivity index (χ4v) is 3.03. The van der Waals surface area contributed by atoms with Crippen LogP contribution >= 0.6 is 0 Å². The van der Waals surface area contributed by atoms with E-state index >= 15 is 0 Å². The van der Waals surface area contributed by atoms with Gasteiger partial charge in [0.05, 0.1) is 12.2 Å². The molecule has 4 heteroatoms. The molecule has 3 rings (SSSR count).